The first kappa shape index (κ1) is 19.1. The van der Waals surface area contributed by atoms with Crippen LogP contribution in [-0.2, 0) is 5.75 Å². The maximum absolute atomic E-state index is 5.40. The molecule has 2 N–H and O–H groups in total. The fraction of sp³-hybridized carbons (Fsp3) is 0.0476. The summed E-state index contributed by atoms with van der Waals surface area (Å²) < 4.78 is 1.76. The van der Waals surface area contributed by atoms with Crippen molar-refractivity contribution < 1.29 is 0 Å². The van der Waals surface area contributed by atoms with E-state index in [1.54, 1.807) is 16.4 Å². The lowest BCUT2D eigenvalue weighted by Crippen LogP contribution is -2.18. The summed E-state index contributed by atoms with van der Waals surface area (Å²) in [5, 5.41) is 19.0. The Hall–Kier alpha value is -3.23. The number of benzene rings is 3. The number of thiocarbonyl (C=S) groups is 1. The van der Waals surface area contributed by atoms with E-state index in [1.165, 1.54) is 0 Å². The molecule has 0 saturated carbocycles. The van der Waals surface area contributed by atoms with Crippen LogP contribution in [0.2, 0.25) is 0 Å². The molecule has 0 saturated heterocycles. The average Bonchev–Trinajstić information content (AvgIpc) is 3.22. The minimum Gasteiger partial charge on any atom is -0.332 e. The van der Waals surface area contributed by atoms with E-state index < -0.39 is 0 Å². The van der Waals surface area contributed by atoms with E-state index in [0.29, 0.717) is 10.9 Å². The first-order chi connectivity index (χ1) is 14.3. The van der Waals surface area contributed by atoms with Crippen molar-refractivity contribution in [2.45, 2.75) is 10.6 Å². The summed E-state index contributed by atoms with van der Waals surface area (Å²) in [6.45, 7) is 0. The molecule has 4 rings (SSSR count). The van der Waals surface area contributed by atoms with E-state index in [0.717, 1.165) is 27.8 Å². The zero-order valence-electron chi connectivity index (χ0n) is 15.4. The third kappa shape index (κ3) is 5.18. The van der Waals surface area contributed by atoms with Crippen LogP contribution in [0.5, 0.6) is 0 Å². The van der Waals surface area contributed by atoms with Crippen molar-refractivity contribution in [3.63, 3.8) is 0 Å². The van der Waals surface area contributed by atoms with Crippen molar-refractivity contribution in [1.82, 2.24) is 20.2 Å². The molecular weight excluding hydrogens is 400 g/mol. The molecular formula is C21H18N6S2. The SMILES string of the molecule is S=C(Nc1ccccc1)Nc1cccc(SCc2nnnn2-c2ccccc2)c1. The highest BCUT2D eigenvalue weighted by Gasteiger charge is 2.09. The summed E-state index contributed by atoms with van der Waals surface area (Å²) in [5.41, 5.74) is 2.82. The molecule has 0 aliphatic heterocycles. The molecule has 3 aromatic carbocycles. The number of para-hydroxylation sites is 2. The Morgan fingerprint density at radius 2 is 1.55 bits per heavy atom. The Morgan fingerprint density at radius 1 is 0.862 bits per heavy atom. The second-order valence-corrected chi connectivity index (χ2v) is 7.56. The fourth-order valence-electron chi connectivity index (χ4n) is 2.69. The van der Waals surface area contributed by atoms with Crippen LogP contribution in [0, 0.1) is 0 Å². The molecule has 0 fully saturated rings. The summed E-state index contributed by atoms with van der Waals surface area (Å²) in [6, 6.07) is 27.8. The highest BCUT2D eigenvalue weighted by Crippen LogP contribution is 2.25. The highest BCUT2D eigenvalue weighted by atomic mass is 32.2. The second kappa shape index (κ2) is 9.31. The van der Waals surface area contributed by atoms with E-state index >= 15 is 0 Å². The van der Waals surface area contributed by atoms with Gasteiger partial charge in [0.15, 0.2) is 10.9 Å². The number of aromatic nitrogens is 4. The van der Waals surface area contributed by atoms with Crippen LogP contribution in [0.3, 0.4) is 0 Å². The third-order valence-corrected chi connectivity index (χ3v) is 5.22. The van der Waals surface area contributed by atoms with E-state index in [2.05, 4.69) is 38.3 Å². The lowest BCUT2D eigenvalue weighted by Gasteiger charge is -2.11. The lowest BCUT2D eigenvalue weighted by atomic mass is 10.3. The molecule has 8 heteroatoms. The van der Waals surface area contributed by atoms with Gasteiger partial charge in [-0.05, 0) is 65.1 Å². The van der Waals surface area contributed by atoms with Gasteiger partial charge in [0, 0.05) is 16.3 Å². The average molecular weight is 419 g/mol. The summed E-state index contributed by atoms with van der Waals surface area (Å²) in [7, 11) is 0. The van der Waals surface area contributed by atoms with Gasteiger partial charge in [0.25, 0.3) is 0 Å². The predicted molar refractivity (Wildman–Crippen MR) is 121 cm³/mol. The van der Waals surface area contributed by atoms with Gasteiger partial charge < -0.3 is 10.6 Å². The highest BCUT2D eigenvalue weighted by molar-refractivity contribution is 7.98. The van der Waals surface area contributed by atoms with Crippen molar-refractivity contribution in [2.75, 3.05) is 10.6 Å². The molecule has 6 nitrogen and oxygen atoms in total. The Labute approximate surface area is 178 Å². The van der Waals surface area contributed by atoms with Gasteiger partial charge in [-0.2, -0.15) is 4.68 Å². The van der Waals surface area contributed by atoms with Crippen LogP contribution in [0.25, 0.3) is 5.69 Å². The quantitative estimate of drug-likeness (QED) is 0.345. The number of hydrogen-bond acceptors (Lipinski definition) is 5. The van der Waals surface area contributed by atoms with Crippen LogP contribution < -0.4 is 10.6 Å². The molecule has 0 radical (unpaired) electrons. The van der Waals surface area contributed by atoms with Crippen molar-refractivity contribution in [3.05, 3.63) is 90.8 Å². The molecule has 0 bridgehead atoms. The molecule has 1 aromatic heterocycles. The molecule has 29 heavy (non-hydrogen) atoms. The molecule has 0 spiro atoms. The smallest absolute Gasteiger partial charge is 0.175 e. The van der Waals surface area contributed by atoms with E-state index in [9.17, 15) is 0 Å². The van der Waals surface area contributed by atoms with Crippen LogP contribution in [0.15, 0.2) is 89.8 Å². The van der Waals surface area contributed by atoms with Gasteiger partial charge in [0.1, 0.15) is 0 Å². The number of rotatable bonds is 6. The predicted octanol–water partition coefficient (Wildman–Crippen LogP) is 4.76. The Bertz CT molecular complexity index is 1080. The minimum atomic E-state index is 0.548. The van der Waals surface area contributed by atoms with Gasteiger partial charge in [-0.15, -0.1) is 16.9 Å². The maximum atomic E-state index is 5.40. The van der Waals surface area contributed by atoms with Gasteiger partial charge in [0.2, 0.25) is 0 Å². The van der Waals surface area contributed by atoms with Crippen LogP contribution >= 0.6 is 24.0 Å². The van der Waals surface area contributed by atoms with Gasteiger partial charge in [-0.1, -0.05) is 42.5 Å². The minimum absolute atomic E-state index is 0.548. The summed E-state index contributed by atoms with van der Waals surface area (Å²) in [5.74, 6) is 1.44. The fourth-order valence-corrected chi connectivity index (χ4v) is 3.79. The van der Waals surface area contributed by atoms with Gasteiger partial charge >= 0.3 is 0 Å². The Balaban J connectivity index is 1.39. The van der Waals surface area contributed by atoms with Crippen LogP contribution in [0.1, 0.15) is 5.82 Å². The molecule has 0 atom stereocenters. The lowest BCUT2D eigenvalue weighted by molar-refractivity contribution is 0.777. The van der Waals surface area contributed by atoms with Gasteiger partial charge in [0.05, 0.1) is 11.4 Å². The van der Waals surface area contributed by atoms with Gasteiger partial charge in [-0.25, -0.2) is 0 Å². The van der Waals surface area contributed by atoms with Gasteiger partial charge in [-0.3, -0.25) is 0 Å². The molecule has 0 unspecified atom stereocenters. The van der Waals surface area contributed by atoms with E-state index in [1.807, 2.05) is 72.8 Å². The summed E-state index contributed by atoms with van der Waals surface area (Å²) in [6.07, 6.45) is 0. The largest absolute Gasteiger partial charge is 0.332 e. The van der Waals surface area contributed by atoms with Crippen molar-refractivity contribution in [1.29, 1.82) is 0 Å². The molecule has 0 aliphatic rings. The maximum Gasteiger partial charge on any atom is 0.175 e. The zero-order valence-corrected chi connectivity index (χ0v) is 17.0. The summed E-state index contributed by atoms with van der Waals surface area (Å²) >= 11 is 7.07. The normalized spacial score (nSPS) is 10.5. The molecule has 0 amide bonds. The van der Waals surface area contributed by atoms with E-state index in [4.69, 9.17) is 12.2 Å². The third-order valence-electron chi connectivity index (χ3n) is 4.03. The standard InChI is InChI=1S/C21H18N6S2/c28-21(22-16-8-3-1-4-9-16)23-17-10-7-13-19(14-17)29-15-20-24-25-26-27(20)18-11-5-2-6-12-18/h1-14H,15H2,(H2,22,23,28). The first-order valence-corrected chi connectivity index (χ1v) is 10.4. The topological polar surface area (TPSA) is 67.7 Å². The number of tetrazole rings is 1. The molecule has 0 aliphatic carbocycles. The first-order valence-electron chi connectivity index (χ1n) is 8.96. The Kier molecular flexibility index (Phi) is 6.13. The number of nitrogens with one attached hydrogen (secondary N) is 2. The Morgan fingerprint density at radius 3 is 2.34 bits per heavy atom. The van der Waals surface area contributed by atoms with Crippen molar-refractivity contribution in [2.24, 2.45) is 0 Å². The summed E-state index contributed by atoms with van der Waals surface area (Å²) in [4.78, 5) is 1.10. The number of nitrogens with zero attached hydrogens (tertiary/aromatic N) is 4. The number of hydrogen-bond donors (Lipinski definition) is 2. The van der Waals surface area contributed by atoms with E-state index in [-0.39, 0.29) is 0 Å². The zero-order chi connectivity index (χ0) is 19.9. The van der Waals surface area contributed by atoms with Crippen LogP contribution in [0.4, 0.5) is 11.4 Å². The van der Waals surface area contributed by atoms with Crippen LogP contribution in [-0.4, -0.2) is 25.3 Å². The molecule has 4 aromatic rings. The molecule has 1 heterocycles. The number of thioether (sulfide) groups is 1. The second-order valence-electron chi connectivity index (χ2n) is 6.10. The monoisotopic (exact) mass is 418 g/mol. The number of anilines is 2. The van der Waals surface area contributed by atoms with Crippen molar-refractivity contribution in [3.8, 4) is 5.69 Å². The molecule has 144 valence electrons. The van der Waals surface area contributed by atoms with Crippen molar-refractivity contribution >= 4 is 40.5 Å².